The molecule has 23 heavy (non-hydrogen) atoms. The Bertz CT molecular complexity index is 958. The third-order valence-corrected chi connectivity index (χ3v) is 3.99. The fourth-order valence-corrected chi connectivity index (χ4v) is 2.61. The topological polar surface area (TPSA) is 64.0 Å². The third-order valence-electron chi connectivity index (χ3n) is 3.99. The molecule has 1 fully saturated rings. The Hall–Kier alpha value is -2.95. The van der Waals surface area contributed by atoms with Crippen LogP contribution in [-0.4, -0.2) is 21.5 Å². The summed E-state index contributed by atoms with van der Waals surface area (Å²) < 4.78 is 1.43. The average molecular weight is 305 g/mol. The minimum atomic E-state index is -0.178. The van der Waals surface area contributed by atoms with Crippen LogP contribution in [-0.2, 0) is 0 Å². The van der Waals surface area contributed by atoms with Gasteiger partial charge in [0.25, 0.3) is 11.5 Å². The van der Waals surface area contributed by atoms with Gasteiger partial charge < -0.3 is 5.32 Å². The van der Waals surface area contributed by atoms with Crippen LogP contribution in [0.2, 0.25) is 0 Å². The normalized spacial score (nSPS) is 13.9. The first kappa shape index (κ1) is 13.7. The minimum absolute atomic E-state index is 0.150. The molecule has 0 spiro atoms. The summed E-state index contributed by atoms with van der Waals surface area (Å²) >= 11 is 0. The average Bonchev–Trinajstić information content (AvgIpc) is 3.39. The molecule has 1 aliphatic carbocycles. The fourth-order valence-electron chi connectivity index (χ4n) is 2.61. The Morgan fingerprint density at radius 2 is 1.83 bits per heavy atom. The molecule has 0 aliphatic heterocycles. The van der Waals surface area contributed by atoms with Crippen LogP contribution in [0.5, 0.6) is 0 Å². The van der Waals surface area contributed by atoms with Gasteiger partial charge in [0.15, 0.2) is 0 Å². The highest BCUT2D eigenvalue weighted by molar-refractivity contribution is 5.98. The Morgan fingerprint density at radius 1 is 1.09 bits per heavy atom. The zero-order chi connectivity index (χ0) is 15.8. The van der Waals surface area contributed by atoms with Gasteiger partial charge >= 0.3 is 0 Å². The second-order valence-corrected chi connectivity index (χ2v) is 5.70. The molecule has 0 bridgehead atoms. The fraction of sp³-hybridized carbons (Fsp3) is 0.167. The van der Waals surface area contributed by atoms with Crippen LogP contribution in [0.4, 0.5) is 0 Å². The van der Waals surface area contributed by atoms with E-state index in [0.29, 0.717) is 22.2 Å². The number of carbonyl (C=O) groups excluding carboxylic acids is 1. The number of hydrogen-bond acceptors (Lipinski definition) is 3. The van der Waals surface area contributed by atoms with E-state index in [1.807, 2.05) is 18.2 Å². The molecule has 0 radical (unpaired) electrons. The standard InChI is InChI=1S/C18H15N3O2/c22-17(20-12-9-10-12)14-6-2-4-8-16(14)21-11-19-15-7-3-1-5-13(15)18(21)23/h1-8,11-12H,9-10H2,(H,20,22). The number of benzene rings is 2. The number of para-hydroxylation sites is 2. The van der Waals surface area contributed by atoms with Crippen molar-refractivity contribution in [2.45, 2.75) is 18.9 Å². The smallest absolute Gasteiger partial charge is 0.265 e. The molecule has 4 rings (SSSR count). The highest BCUT2D eigenvalue weighted by atomic mass is 16.2. The van der Waals surface area contributed by atoms with Crippen molar-refractivity contribution in [1.82, 2.24) is 14.9 Å². The molecule has 1 heterocycles. The van der Waals surface area contributed by atoms with Gasteiger partial charge in [-0.1, -0.05) is 24.3 Å². The first-order chi connectivity index (χ1) is 11.2. The Morgan fingerprint density at radius 3 is 2.65 bits per heavy atom. The summed E-state index contributed by atoms with van der Waals surface area (Å²) in [6.45, 7) is 0. The highest BCUT2D eigenvalue weighted by Gasteiger charge is 2.25. The first-order valence-electron chi connectivity index (χ1n) is 7.61. The number of nitrogens with zero attached hydrogens (tertiary/aromatic N) is 2. The molecule has 1 N–H and O–H groups in total. The van der Waals surface area contributed by atoms with Gasteiger partial charge in [-0.2, -0.15) is 0 Å². The van der Waals surface area contributed by atoms with Crippen molar-refractivity contribution >= 4 is 16.8 Å². The predicted octanol–water partition coefficient (Wildman–Crippen LogP) is 2.28. The van der Waals surface area contributed by atoms with Crippen molar-refractivity contribution in [2.24, 2.45) is 0 Å². The molecular weight excluding hydrogens is 290 g/mol. The van der Waals surface area contributed by atoms with E-state index in [-0.39, 0.29) is 17.5 Å². The number of hydrogen-bond donors (Lipinski definition) is 1. The van der Waals surface area contributed by atoms with Crippen molar-refractivity contribution in [3.05, 3.63) is 70.8 Å². The largest absolute Gasteiger partial charge is 0.349 e. The molecule has 114 valence electrons. The van der Waals surface area contributed by atoms with Crippen molar-refractivity contribution in [3.63, 3.8) is 0 Å². The van der Waals surface area contributed by atoms with E-state index < -0.39 is 0 Å². The molecule has 3 aromatic rings. The van der Waals surface area contributed by atoms with Gasteiger partial charge in [0.05, 0.1) is 22.2 Å². The van der Waals surface area contributed by atoms with Crippen molar-refractivity contribution < 1.29 is 4.79 Å². The quantitative estimate of drug-likeness (QED) is 0.807. The van der Waals surface area contributed by atoms with Gasteiger partial charge in [-0.15, -0.1) is 0 Å². The van der Waals surface area contributed by atoms with Crippen molar-refractivity contribution in [1.29, 1.82) is 0 Å². The van der Waals surface area contributed by atoms with Gasteiger partial charge in [-0.3, -0.25) is 14.2 Å². The molecule has 1 amide bonds. The zero-order valence-corrected chi connectivity index (χ0v) is 12.4. The summed E-state index contributed by atoms with van der Waals surface area (Å²) in [5.41, 5.74) is 1.50. The molecule has 1 saturated carbocycles. The van der Waals surface area contributed by atoms with Gasteiger partial charge in [0, 0.05) is 6.04 Å². The Kier molecular flexibility index (Phi) is 3.19. The highest BCUT2D eigenvalue weighted by Crippen LogP contribution is 2.21. The molecule has 1 aromatic heterocycles. The number of fused-ring (bicyclic) bond motifs is 1. The predicted molar refractivity (Wildman–Crippen MR) is 87.8 cm³/mol. The van der Waals surface area contributed by atoms with Gasteiger partial charge in [0.1, 0.15) is 6.33 Å². The maximum atomic E-state index is 12.7. The maximum absolute atomic E-state index is 12.7. The number of amides is 1. The summed E-state index contributed by atoms with van der Waals surface area (Å²) in [5.74, 6) is -0.150. The van der Waals surface area contributed by atoms with Crippen LogP contribution in [0.3, 0.4) is 0 Å². The van der Waals surface area contributed by atoms with Crippen molar-refractivity contribution in [3.8, 4) is 5.69 Å². The molecule has 2 aromatic carbocycles. The number of rotatable bonds is 3. The monoisotopic (exact) mass is 305 g/mol. The number of carbonyl (C=O) groups is 1. The lowest BCUT2D eigenvalue weighted by molar-refractivity contribution is 0.0951. The van der Waals surface area contributed by atoms with E-state index in [1.54, 1.807) is 30.3 Å². The maximum Gasteiger partial charge on any atom is 0.265 e. The number of nitrogens with one attached hydrogen (secondary N) is 1. The van der Waals surface area contributed by atoms with Crippen LogP contribution >= 0.6 is 0 Å². The number of aromatic nitrogens is 2. The molecule has 0 atom stereocenters. The lowest BCUT2D eigenvalue weighted by Gasteiger charge is -2.12. The Balaban J connectivity index is 1.86. The van der Waals surface area contributed by atoms with E-state index in [4.69, 9.17) is 0 Å². The SMILES string of the molecule is O=C(NC1CC1)c1ccccc1-n1cnc2ccccc2c1=O. The lowest BCUT2D eigenvalue weighted by Crippen LogP contribution is -2.28. The van der Waals surface area contributed by atoms with E-state index in [0.717, 1.165) is 12.8 Å². The molecule has 0 saturated heterocycles. The molecular formula is C18H15N3O2. The van der Waals surface area contributed by atoms with E-state index >= 15 is 0 Å². The molecule has 5 nitrogen and oxygen atoms in total. The van der Waals surface area contributed by atoms with Crippen LogP contribution in [0.15, 0.2) is 59.7 Å². The van der Waals surface area contributed by atoms with Crippen LogP contribution in [0, 0.1) is 0 Å². The lowest BCUT2D eigenvalue weighted by atomic mass is 10.1. The summed E-state index contributed by atoms with van der Waals surface area (Å²) in [7, 11) is 0. The second kappa shape index (κ2) is 5.35. The summed E-state index contributed by atoms with van der Waals surface area (Å²) in [6, 6.07) is 14.6. The third kappa shape index (κ3) is 2.50. The van der Waals surface area contributed by atoms with Gasteiger partial charge in [-0.05, 0) is 37.1 Å². The van der Waals surface area contributed by atoms with E-state index in [9.17, 15) is 9.59 Å². The second-order valence-electron chi connectivity index (χ2n) is 5.70. The molecule has 5 heteroatoms. The van der Waals surface area contributed by atoms with Gasteiger partial charge in [-0.25, -0.2) is 4.98 Å². The van der Waals surface area contributed by atoms with Crippen LogP contribution in [0.1, 0.15) is 23.2 Å². The van der Waals surface area contributed by atoms with Gasteiger partial charge in [0.2, 0.25) is 0 Å². The molecule has 0 unspecified atom stereocenters. The minimum Gasteiger partial charge on any atom is -0.349 e. The van der Waals surface area contributed by atoms with Crippen molar-refractivity contribution in [2.75, 3.05) is 0 Å². The van der Waals surface area contributed by atoms with E-state index in [1.165, 1.54) is 10.9 Å². The summed E-state index contributed by atoms with van der Waals surface area (Å²) in [5, 5.41) is 3.50. The molecule has 1 aliphatic rings. The van der Waals surface area contributed by atoms with E-state index in [2.05, 4.69) is 10.3 Å². The van der Waals surface area contributed by atoms with Crippen LogP contribution in [0.25, 0.3) is 16.6 Å². The summed E-state index contributed by atoms with van der Waals surface area (Å²) in [6.07, 6.45) is 3.52. The first-order valence-corrected chi connectivity index (χ1v) is 7.61. The zero-order valence-electron chi connectivity index (χ0n) is 12.4. The summed E-state index contributed by atoms with van der Waals surface area (Å²) in [4.78, 5) is 29.5. The van der Waals surface area contributed by atoms with Crippen LogP contribution < -0.4 is 10.9 Å². The Labute approximate surface area is 132 Å².